The van der Waals surface area contributed by atoms with Crippen LogP contribution in [0.2, 0.25) is 0 Å². The fraction of sp³-hybridized carbons (Fsp3) is 0.222. The topological polar surface area (TPSA) is 43.4 Å². The molecule has 0 fully saturated rings. The summed E-state index contributed by atoms with van der Waals surface area (Å²) in [6.07, 6.45) is 0.342. The van der Waals surface area contributed by atoms with Crippen molar-refractivity contribution in [2.45, 2.75) is 13.3 Å². The second kappa shape index (κ2) is 7.90. The van der Waals surface area contributed by atoms with E-state index in [9.17, 15) is 9.59 Å². The van der Waals surface area contributed by atoms with Crippen molar-refractivity contribution in [2.75, 3.05) is 6.61 Å². The van der Waals surface area contributed by atoms with E-state index in [0.29, 0.717) is 12.0 Å². The lowest BCUT2D eigenvalue weighted by molar-refractivity contribution is -0.146. The second-order valence-corrected chi connectivity index (χ2v) is 5.78. The number of benzene rings is 2. The monoisotopic (exact) mass is 360 g/mol. The zero-order valence-corrected chi connectivity index (χ0v) is 13.9. The Balaban J connectivity index is 2.25. The first kappa shape index (κ1) is 16.4. The van der Waals surface area contributed by atoms with Gasteiger partial charge in [0.2, 0.25) is 0 Å². The van der Waals surface area contributed by atoms with Gasteiger partial charge in [0, 0.05) is 10.0 Å². The number of hydrogen-bond donors (Lipinski definition) is 0. The summed E-state index contributed by atoms with van der Waals surface area (Å²) >= 11 is 3.34. The van der Waals surface area contributed by atoms with Crippen LogP contribution in [0, 0.1) is 5.92 Å². The molecule has 0 aliphatic heterocycles. The van der Waals surface area contributed by atoms with E-state index in [-0.39, 0.29) is 12.4 Å². The van der Waals surface area contributed by atoms with Gasteiger partial charge in [-0.1, -0.05) is 58.4 Å². The number of carbonyl (C=O) groups excluding carboxylic acids is 2. The van der Waals surface area contributed by atoms with E-state index in [4.69, 9.17) is 4.74 Å². The first-order valence-corrected chi connectivity index (χ1v) is 7.91. The van der Waals surface area contributed by atoms with Crippen molar-refractivity contribution < 1.29 is 14.3 Å². The first-order valence-electron chi connectivity index (χ1n) is 7.12. The highest BCUT2D eigenvalue weighted by Gasteiger charge is 2.29. The molecule has 0 saturated heterocycles. The average Bonchev–Trinajstić information content (AvgIpc) is 2.54. The minimum atomic E-state index is -0.816. The van der Waals surface area contributed by atoms with Gasteiger partial charge < -0.3 is 4.74 Å². The molecule has 0 amide bonds. The molecule has 0 aromatic heterocycles. The Kier molecular flexibility index (Phi) is 5.90. The molecule has 22 heavy (non-hydrogen) atoms. The van der Waals surface area contributed by atoms with Crippen LogP contribution < -0.4 is 0 Å². The van der Waals surface area contributed by atoms with Gasteiger partial charge in [0.15, 0.2) is 5.78 Å². The highest BCUT2D eigenvalue weighted by Crippen LogP contribution is 2.19. The van der Waals surface area contributed by atoms with Crippen LogP contribution in [0.15, 0.2) is 59.1 Å². The summed E-state index contributed by atoms with van der Waals surface area (Å²) < 4.78 is 5.96. The average molecular weight is 361 g/mol. The van der Waals surface area contributed by atoms with E-state index in [2.05, 4.69) is 15.9 Å². The van der Waals surface area contributed by atoms with E-state index in [1.165, 1.54) is 0 Å². The van der Waals surface area contributed by atoms with Crippen molar-refractivity contribution in [2.24, 2.45) is 5.92 Å². The summed E-state index contributed by atoms with van der Waals surface area (Å²) in [4.78, 5) is 24.8. The Labute approximate surface area is 138 Å². The van der Waals surface area contributed by atoms with Gasteiger partial charge in [0.25, 0.3) is 0 Å². The number of Topliss-reactive ketones (excluding diaryl/α,β-unsaturated/α-hetero) is 1. The van der Waals surface area contributed by atoms with E-state index in [1.54, 1.807) is 31.2 Å². The molecule has 4 heteroatoms. The van der Waals surface area contributed by atoms with Gasteiger partial charge in [0.05, 0.1) is 6.61 Å². The normalized spacial score (nSPS) is 11.7. The zero-order chi connectivity index (χ0) is 15.9. The summed E-state index contributed by atoms with van der Waals surface area (Å²) in [7, 11) is 0. The van der Waals surface area contributed by atoms with Gasteiger partial charge in [-0.3, -0.25) is 9.59 Å². The van der Waals surface area contributed by atoms with Crippen LogP contribution in [0.4, 0.5) is 0 Å². The van der Waals surface area contributed by atoms with Crippen molar-refractivity contribution in [1.29, 1.82) is 0 Å². The minimum Gasteiger partial charge on any atom is -0.465 e. The standard InChI is InChI=1S/C18H17BrO3/c1-2-22-18(21)16(12-13-6-4-3-5-7-13)17(20)14-8-10-15(19)11-9-14/h3-11,16H,2,12H2,1H3/t16-/m1/s1. The number of carbonyl (C=O) groups is 2. The largest absolute Gasteiger partial charge is 0.465 e. The Morgan fingerprint density at radius 3 is 2.27 bits per heavy atom. The molecule has 2 aromatic rings. The highest BCUT2D eigenvalue weighted by molar-refractivity contribution is 9.10. The van der Waals surface area contributed by atoms with Crippen molar-refractivity contribution in [3.8, 4) is 0 Å². The lowest BCUT2D eigenvalue weighted by Crippen LogP contribution is -2.28. The van der Waals surface area contributed by atoms with E-state index in [0.717, 1.165) is 10.0 Å². The third-order valence-electron chi connectivity index (χ3n) is 3.30. The smallest absolute Gasteiger partial charge is 0.317 e. The van der Waals surface area contributed by atoms with Gasteiger partial charge in [0.1, 0.15) is 5.92 Å². The number of halogens is 1. The van der Waals surface area contributed by atoms with Crippen LogP contribution in [0.1, 0.15) is 22.8 Å². The summed E-state index contributed by atoms with van der Waals surface area (Å²) in [5.74, 6) is -1.50. The maximum atomic E-state index is 12.7. The van der Waals surface area contributed by atoms with Gasteiger partial charge in [-0.05, 0) is 31.0 Å². The molecule has 0 unspecified atom stereocenters. The van der Waals surface area contributed by atoms with Crippen LogP contribution in [-0.2, 0) is 16.0 Å². The summed E-state index contributed by atoms with van der Waals surface area (Å²) in [6.45, 7) is 2.00. The van der Waals surface area contributed by atoms with Crippen LogP contribution in [0.25, 0.3) is 0 Å². The van der Waals surface area contributed by atoms with E-state index >= 15 is 0 Å². The second-order valence-electron chi connectivity index (χ2n) is 4.87. The maximum Gasteiger partial charge on any atom is 0.317 e. The molecule has 0 aliphatic carbocycles. The molecule has 1 atom stereocenters. The predicted octanol–water partition coefficient (Wildman–Crippen LogP) is 4.05. The Morgan fingerprint density at radius 1 is 1.05 bits per heavy atom. The molecule has 0 aliphatic rings. The van der Waals surface area contributed by atoms with Crippen molar-refractivity contribution in [3.05, 3.63) is 70.2 Å². The lowest BCUT2D eigenvalue weighted by atomic mass is 9.91. The van der Waals surface area contributed by atoms with Gasteiger partial charge >= 0.3 is 5.97 Å². The molecule has 0 saturated carbocycles. The highest BCUT2D eigenvalue weighted by atomic mass is 79.9. The Hall–Kier alpha value is -1.94. The predicted molar refractivity (Wildman–Crippen MR) is 88.7 cm³/mol. The number of hydrogen-bond acceptors (Lipinski definition) is 3. The number of ether oxygens (including phenoxy) is 1. The van der Waals surface area contributed by atoms with E-state index in [1.807, 2.05) is 30.3 Å². The molecule has 0 bridgehead atoms. The SMILES string of the molecule is CCOC(=O)[C@H](Cc1ccccc1)C(=O)c1ccc(Br)cc1. The Morgan fingerprint density at radius 2 is 1.68 bits per heavy atom. The van der Waals surface area contributed by atoms with Crippen molar-refractivity contribution in [1.82, 2.24) is 0 Å². The fourth-order valence-corrected chi connectivity index (χ4v) is 2.46. The summed E-state index contributed by atoms with van der Waals surface area (Å²) in [5.41, 5.74) is 1.45. The number of rotatable bonds is 6. The molecule has 0 N–H and O–H groups in total. The third kappa shape index (κ3) is 4.28. The Bertz CT molecular complexity index is 635. The number of ketones is 1. The molecule has 0 heterocycles. The lowest BCUT2D eigenvalue weighted by Gasteiger charge is -2.15. The minimum absolute atomic E-state index is 0.213. The molecule has 2 rings (SSSR count). The quantitative estimate of drug-likeness (QED) is 0.443. The van der Waals surface area contributed by atoms with Crippen molar-refractivity contribution in [3.63, 3.8) is 0 Å². The van der Waals surface area contributed by atoms with Crippen LogP contribution >= 0.6 is 15.9 Å². The van der Waals surface area contributed by atoms with Gasteiger partial charge in [-0.15, -0.1) is 0 Å². The van der Waals surface area contributed by atoms with E-state index < -0.39 is 11.9 Å². The van der Waals surface area contributed by atoms with Gasteiger partial charge in [-0.2, -0.15) is 0 Å². The van der Waals surface area contributed by atoms with Crippen LogP contribution in [0.5, 0.6) is 0 Å². The molecular weight excluding hydrogens is 344 g/mol. The molecule has 2 aromatic carbocycles. The van der Waals surface area contributed by atoms with Crippen LogP contribution in [0.3, 0.4) is 0 Å². The first-order chi connectivity index (χ1) is 10.6. The number of esters is 1. The third-order valence-corrected chi connectivity index (χ3v) is 3.83. The summed E-state index contributed by atoms with van der Waals surface area (Å²) in [5, 5.41) is 0. The molecule has 0 spiro atoms. The van der Waals surface area contributed by atoms with Gasteiger partial charge in [-0.25, -0.2) is 0 Å². The molecule has 0 radical (unpaired) electrons. The van der Waals surface area contributed by atoms with Crippen molar-refractivity contribution >= 4 is 27.7 Å². The zero-order valence-electron chi connectivity index (χ0n) is 12.3. The summed E-state index contributed by atoms with van der Waals surface area (Å²) in [6, 6.07) is 16.5. The molecular formula is C18H17BrO3. The molecule has 114 valence electrons. The van der Waals surface area contributed by atoms with Crippen LogP contribution in [-0.4, -0.2) is 18.4 Å². The molecule has 3 nitrogen and oxygen atoms in total. The maximum absolute atomic E-state index is 12.7. The fourth-order valence-electron chi connectivity index (χ4n) is 2.19.